The van der Waals surface area contributed by atoms with Crippen LogP contribution in [0.2, 0.25) is 0 Å². The van der Waals surface area contributed by atoms with Crippen LogP contribution >= 0.6 is 0 Å². The van der Waals surface area contributed by atoms with Crippen molar-refractivity contribution in [2.24, 2.45) is 5.73 Å². The summed E-state index contributed by atoms with van der Waals surface area (Å²) in [6.45, 7) is 0. The highest BCUT2D eigenvalue weighted by molar-refractivity contribution is 5.75. The number of nitrogens with two attached hydrogens (primary N) is 1. The van der Waals surface area contributed by atoms with Gasteiger partial charge < -0.3 is 5.73 Å². The average molecular weight is 284 g/mol. The minimum Gasteiger partial charge on any atom is -0.370 e. The third kappa shape index (κ3) is 4.15. The second-order valence-electron chi connectivity index (χ2n) is 3.67. The molecular weight excluding hydrogens is 276 g/mol. The lowest BCUT2D eigenvalue weighted by molar-refractivity contribution is -0.143. The zero-order chi connectivity index (χ0) is 14.8. The van der Waals surface area contributed by atoms with Crippen molar-refractivity contribution in [1.82, 2.24) is 0 Å². The fourth-order valence-corrected chi connectivity index (χ4v) is 1.37. The number of halogens is 6. The van der Waals surface area contributed by atoms with E-state index in [1.807, 2.05) is 0 Å². The Hall–Kier alpha value is -1.73. The maximum Gasteiger partial charge on any atom is 0.416 e. The summed E-state index contributed by atoms with van der Waals surface area (Å²) in [5.74, 6) is -0.881. The van der Waals surface area contributed by atoms with E-state index in [0.29, 0.717) is 12.1 Å². The van der Waals surface area contributed by atoms with Gasteiger partial charge in [-0.15, -0.1) is 0 Å². The molecule has 0 fully saturated rings. The molecule has 0 aliphatic rings. The summed E-state index contributed by atoms with van der Waals surface area (Å²) in [5, 5.41) is 0. The second-order valence-corrected chi connectivity index (χ2v) is 3.67. The Kier molecular flexibility index (Phi) is 4.12. The highest BCUT2D eigenvalue weighted by Gasteiger charge is 2.37. The molecule has 2 nitrogen and oxygen atoms in total. The zero-order valence-electron chi connectivity index (χ0n) is 9.27. The minimum atomic E-state index is -4.95. The van der Waals surface area contributed by atoms with Crippen LogP contribution in [0.1, 0.15) is 23.1 Å². The Balaban J connectivity index is 3.22. The monoisotopic (exact) mass is 284 g/mol. The van der Waals surface area contributed by atoms with Gasteiger partial charge in [0, 0.05) is 12.8 Å². The quantitative estimate of drug-likeness (QED) is 0.851. The van der Waals surface area contributed by atoms with Gasteiger partial charge >= 0.3 is 12.4 Å². The van der Waals surface area contributed by atoms with Gasteiger partial charge in [0.25, 0.3) is 0 Å². The van der Waals surface area contributed by atoms with Gasteiger partial charge in [-0.25, -0.2) is 0 Å². The molecule has 0 saturated carbocycles. The molecular formula is C11H8F6NO. The topological polar surface area (TPSA) is 43.1 Å². The van der Waals surface area contributed by atoms with Crippen LogP contribution in [0.3, 0.4) is 0 Å². The van der Waals surface area contributed by atoms with Gasteiger partial charge in [-0.05, 0) is 17.7 Å². The summed E-state index contributed by atoms with van der Waals surface area (Å²) in [6, 6.07) is 1.18. The van der Waals surface area contributed by atoms with Crippen LogP contribution in [0.15, 0.2) is 18.2 Å². The number of primary amides is 1. The predicted molar refractivity (Wildman–Crippen MR) is 53.7 cm³/mol. The Morgan fingerprint density at radius 1 is 1.11 bits per heavy atom. The molecule has 0 spiro atoms. The maximum atomic E-state index is 12.6. The summed E-state index contributed by atoms with van der Waals surface area (Å²) in [5.41, 5.74) is 1.39. The number of rotatable bonds is 3. The highest BCUT2D eigenvalue weighted by Crippen LogP contribution is 2.37. The predicted octanol–water partition coefficient (Wildman–Crippen LogP) is 3.15. The second kappa shape index (κ2) is 5.10. The van der Waals surface area contributed by atoms with Crippen molar-refractivity contribution in [3.05, 3.63) is 41.3 Å². The largest absolute Gasteiger partial charge is 0.416 e. The molecule has 1 amide bonds. The lowest BCUT2D eigenvalue weighted by atomic mass is 9.99. The van der Waals surface area contributed by atoms with Crippen LogP contribution in [0, 0.1) is 6.42 Å². The third-order valence-corrected chi connectivity index (χ3v) is 2.21. The fourth-order valence-electron chi connectivity index (χ4n) is 1.37. The number of carbonyl (C=O) groups is 1. The molecule has 0 saturated heterocycles. The van der Waals surface area contributed by atoms with Crippen molar-refractivity contribution >= 4 is 5.91 Å². The molecule has 1 rings (SSSR count). The molecule has 2 N–H and O–H groups in total. The van der Waals surface area contributed by atoms with Crippen LogP contribution in [0.4, 0.5) is 26.3 Å². The van der Waals surface area contributed by atoms with Crippen LogP contribution in [-0.4, -0.2) is 5.91 Å². The Bertz CT molecular complexity index is 477. The van der Waals surface area contributed by atoms with E-state index in [9.17, 15) is 31.1 Å². The number of hydrogen-bond acceptors (Lipinski definition) is 1. The average Bonchev–Trinajstić information content (AvgIpc) is 2.23. The summed E-state index contributed by atoms with van der Waals surface area (Å²) in [7, 11) is 0. The molecule has 1 radical (unpaired) electrons. The van der Waals surface area contributed by atoms with Crippen LogP contribution in [0.25, 0.3) is 0 Å². The first kappa shape index (κ1) is 15.3. The lowest BCUT2D eigenvalue weighted by Gasteiger charge is -2.15. The van der Waals surface area contributed by atoms with Gasteiger partial charge in [-0.1, -0.05) is 6.07 Å². The maximum absolute atomic E-state index is 12.6. The molecule has 1 aromatic carbocycles. The molecule has 0 aromatic heterocycles. The molecule has 0 aliphatic carbocycles. The van der Waals surface area contributed by atoms with Crippen LogP contribution in [0.5, 0.6) is 0 Å². The molecule has 0 heterocycles. The Morgan fingerprint density at radius 3 is 2.11 bits per heavy atom. The first-order valence-electron chi connectivity index (χ1n) is 4.92. The minimum absolute atomic E-state index is 0.00677. The first-order valence-corrected chi connectivity index (χ1v) is 4.92. The van der Waals surface area contributed by atoms with Crippen LogP contribution < -0.4 is 5.73 Å². The van der Waals surface area contributed by atoms with Gasteiger partial charge in [0.1, 0.15) is 0 Å². The molecule has 19 heavy (non-hydrogen) atoms. The van der Waals surface area contributed by atoms with E-state index in [0.717, 1.165) is 6.42 Å². The number of alkyl halides is 6. The van der Waals surface area contributed by atoms with Crippen molar-refractivity contribution in [3.8, 4) is 0 Å². The van der Waals surface area contributed by atoms with Crippen molar-refractivity contribution in [2.45, 2.75) is 18.8 Å². The molecule has 8 heteroatoms. The molecule has 1 aromatic rings. The van der Waals surface area contributed by atoms with Crippen molar-refractivity contribution in [2.75, 3.05) is 0 Å². The normalized spacial score (nSPS) is 12.5. The van der Waals surface area contributed by atoms with Crippen molar-refractivity contribution < 1.29 is 31.1 Å². The third-order valence-electron chi connectivity index (χ3n) is 2.21. The summed E-state index contributed by atoms with van der Waals surface area (Å²) in [4.78, 5) is 10.5. The number of benzene rings is 1. The van der Waals surface area contributed by atoms with E-state index >= 15 is 0 Å². The smallest absolute Gasteiger partial charge is 0.370 e. The van der Waals surface area contributed by atoms with E-state index in [2.05, 4.69) is 0 Å². The van der Waals surface area contributed by atoms with E-state index < -0.39 is 41.4 Å². The van der Waals surface area contributed by atoms with Gasteiger partial charge in [0.2, 0.25) is 5.91 Å². The molecule has 0 bridgehead atoms. The SMILES string of the molecule is NC(=O)C[CH]c1ccc(C(F)(F)F)cc1C(F)(F)F. The standard InChI is InChI=1S/C11H8F6NO/c12-10(13,14)7-3-1-6(2-4-9(18)19)8(5-7)11(15,16)17/h1-3,5H,4H2,(H2,18,19). The Labute approximate surface area is 104 Å². The molecule has 0 unspecified atom stereocenters. The fraction of sp³-hybridized carbons (Fsp3) is 0.273. The number of hydrogen-bond donors (Lipinski definition) is 1. The van der Waals surface area contributed by atoms with E-state index in [1.165, 1.54) is 0 Å². The highest BCUT2D eigenvalue weighted by atomic mass is 19.4. The summed E-state index contributed by atoms with van der Waals surface area (Å²) in [6.07, 6.45) is -9.48. The molecule has 0 atom stereocenters. The van der Waals surface area contributed by atoms with Gasteiger partial charge in [0.05, 0.1) is 11.1 Å². The molecule has 0 aliphatic heterocycles. The summed E-state index contributed by atoms with van der Waals surface area (Å²) >= 11 is 0. The van der Waals surface area contributed by atoms with Gasteiger partial charge in [-0.2, -0.15) is 26.3 Å². The van der Waals surface area contributed by atoms with Crippen LogP contribution in [-0.2, 0) is 17.1 Å². The van der Waals surface area contributed by atoms with E-state index in [-0.39, 0.29) is 6.07 Å². The van der Waals surface area contributed by atoms with Gasteiger partial charge in [0.15, 0.2) is 0 Å². The molecule has 105 valence electrons. The summed E-state index contributed by atoms with van der Waals surface area (Å²) < 4.78 is 75.0. The Morgan fingerprint density at radius 2 is 1.68 bits per heavy atom. The van der Waals surface area contributed by atoms with E-state index in [1.54, 1.807) is 0 Å². The number of carbonyl (C=O) groups excluding carboxylic acids is 1. The zero-order valence-corrected chi connectivity index (χ0v) is 9.27. The van der Waals surface area contributed by atoms with Crippen molar-refractivity contribution in [1.29, 1.82) is 0 Å². The first-order chi connectivity index (χ1) is 8.51. The lowest BCUT2D eigenvalue weighted by Crippen LogP contribution is -2.15. The van der Waals surface area contributed by atoms with Gasteiger partial charge in [-0.3, -0.25) is 4.79 Å². The van der Waals surface area contributed by atoms with Crippen molar-refractivity contribution in [3.63, 3.8) is 0 Å². The number of amides is 1. The van der Waals surface area contributed by atoms with E-state index in [4.69, 9.17) is 5.73 Å².